The lowest BCUT2D eigenvalue weighted by Crippen LogP contribution is -2.41. The van der Waals surface area contributed by atoms with Gasteiger partial charge in [-0.3, -0.25) is 9.69 Å². The summed E-state index contributed by atoms with van der Waals surface area (Å²) in [6.45, 7) is 7.13. The van der Waals surface area contributed by atoms with Gasteiger partial charge in [0.1, 0.15) is 0 Å². The van der Waals surface area contributed by atoms with Gasteiger partial charge < -0.3 is 10.1 Å². The van der Waals surface area contributed by atoms with E-state index in [0.717, 1.165) is 10.6 Å². The number of hydrogen-bond acceptors (Lipinski definition) is 7. The number of amides is 1. The number of alkyl halides is 3. The lowest BCUT2D eigenvalue weighted by Gasteiger charge is -2.35. The lowest BCUT2D eigenvalue weighted by atomic mass is 9.95. The topological polar surface area (TPSA) is 88.6 Å². The van der Waals surface area contributed by atoms with Gasteiger partial charge in [0.05, 0.1) is 35.4 Å². The second-order valence-corrected chi connectivity index (χ2v) is 13.4. The fourth-order valence-corrected chi connectivity index (χ4v) is 6.93. The third-order valence-electron chi connectivity index (χ3n) is 6.88. The zero-order chi connectivity index (χ0) is 27.0. The van der Waals surface area contributed by atoms with Crippen LogP contribution in [0.15, 0.2) is 29.2 Å². The fraction of sp³-hybridized carbons (Fsp3) is 0.600. The predicted octanol–water partition coefficient (Wildman–Crippen LogP) is 4.99. The zero-order valence-corrected chi connectivity index (χ0v) is 22.7. The first-order valence-corrected chi connectivity index (χ1v) is 14.9. The number of carbonyl (C=O) groups is 1. The number of rotatable bonds is 8. The highest BCUT2D eigenvalue weighted by molar-refractivity contribution is 7.91. The van der Waals surface area contributed by atoms with Gasteiger partial charge in [-0.15, -0.1) is 11.3 Å². The number of ether oxygens (including phenoxy) is 1. The molecule has 3 atom stereocenters. The molecule has 204 valence electrons. The van der Waals surface area contributed by atoms with Crippen LogP contribution in [0.2, 0.25) is 0 Å². The van der Waals surface area contributed by atoms with Gasteiger partial charge in [-0.1, -0.05) is 32.9 Å². The van der Waals surface area contributed by atoms with Crippen LogP contribution >= 0.6 is 11.3 Å². The van der Waals surface area contributed by atoms with Crippen LogP contribution in [0, 0.1) is 11.8 Å². The van der Waals surface area contributed by atoms with Gasteiger partial charge in [0, 0.05) is 18.0 Å². The van der Waals surface area contributed by atoms with Crippen molar-refractivity contribution < 1.29 is 31.1 Å². The van der Waals surface area contributed by atoms with Crippen molar-refractivity contribution in [3.05, 3.63) is 40.4 Å². The maximum absolute atomic E-state index is 12.9. The van der Waals surface area contributed by atoms with Crippen LogP contribution in [0.3, 0.4) is 0 Å². The Hall–Kier alpha value is -2.02. The first-order valence-electron chi connectivity index (χ1n) is 12.4. The molecule has 0 radical (unpaired) electrons. The van der Waals surface area contributed by atoms with E-state index in [1.165, 1.54) is 23.5 Å². The quantitative estimate of drug-likeness (QED) is 0.491. The van der Waals surface area contributed by atoms with Crippen LogP contribution in [0.4, 0.5) is 18.3 Å². The summed E-state index contributed by atoms with van der Waals surface area (Å²) in [6, 6.07) is 6.33. The van der Waals surface area contributed by atoms with E-state index in [1.807, 2.05) is 0 Å². The normalized spacial score (nSPS) is 22.8. The van der Waals surface area contributed by atoms with Crippen molar-refractivity contribution in [1.29, 1.82) is 0 Å². The molecule has 0 spiro atoms. The number of sulfone groups is 1. The van der Waals surface area contributed by atoms with Crippen LogP contribution in [0.1, 0.15) is 55.8 Å². The summed E-state index contributed by atoms with van der Waals surface area (Å²) >= 11 is 1.42. The van der Waals surface area contributed by atoms with Crippen molar-refractivity contribution in [3.8, 4) is 0 Å². The standard InChI is InChI=1S/C25H32F3N3O4S2/c1-4-37(33,34)18-8-5-16(6-9-18)11-21(32)29-24-30-22-19(36-24)13-31(23(22)15(2)3)12-17-7-10-20(35-14-17)25(26,27)28/h5-6,8-9,15,17,20,23H,4,7,10-14H2,1-3H3,(H,29,30,32)/t17?,20-,23-/m0/s1. The molecule has 0 aliphatic carbocycles. The number of aromatic nitrogens is 1. The van der Waals surface area contributed by atoms with E-state index < -0.39 is 22.1 Å². The third kappa shape index (κ3) is 6.52. The number of fused-ring (bicyclic) bond motifs is 1. The molecule has 1 fully saturated rings. The minimum absolute atomic E-state index is 0.0122. The Labute approximate surface area is 219 Å². The zero-order valence-electron chi connectivity index (χ0n) is 21.0. The summed E-state index contributed by atoms with van der Waals surface area (Å²) in [4.78, 5) is 20.9. The van der Waals surface area contributed by atoms with Crippen LogP contribution in [0.25, 0.3) is 0 Å². The molecule has 2 aliphatic rings. The Morgan fingerprint density at radius 1 is 1.24 bits per heavy atom. The van der Waals surface area contributed by atoms with E-state index in [0.29, 0.717) is 30.2 Å². The van der Waals surface area contributed by atoms with E-state index in [4.69, 9.17) is 9.72 Å². The number of anilines is 1. The van der Waals surface area contributed by atoms with E-state index in [-0.39, 0.29) is 53.9 Å². The van der Waals surface area contributed by atoms with Crippen molar-refractivity contribution in [3.63, 3.8) is 0 Å². The average molecular weight is 560 g/mol. The molecule has 2 aliphatic heterocycles. The van der Waals surface area contributed by atoms with Crippen molar-refractivity contribution in [1.82, 2.24) is 9.88 Å². The van der Waals surface area contributed by atoms with E-state index in [9.17, 15) is 26.4 Å². The van der Waals surface area contributed by atoms with Gasteiger partial charge in [0.25, 0.3) is 0 Å². The molecule has 2 aromatic rings. The van der Waals surface area contributed by atoms with Crippen LogP contribution in [0.5, 0.6) is 0 Å². The Kier molecular flexibility index (Phi) is 8.32. The van der Waals surface area contributed by atoms with E-state index >= 15 is 0 Å². The predicted molar refractivity (Wildman–Crippen MR) is 135 cm³/mol. The number of carbonyl (C=O) groups excluding carboxylic acids is 1. The highest BCUT2D eigenvalue weighted by Crippen LogP contribution is 2.43. The second-order valence-electron chi connectivity index (χ2n) is 10.0. The summed E-state index contributed by atoms with van der Waals surface area (Å²) in [7, 11) is -3.29. The molecule has 1 saturated heterocycles. The summed E-state index contributed by atoms with van der Waals surface area (Å²) in [5, 5.41) is 3.37. The molecule has 0 saturated carbocycles. The summed E-state index contributed by atoms with van der Waals surface area (Å²) < 4.78 is 67.8. The minimum atomic E-state index is -4.31. The SMILES string of the molecule is CCS(=O)(=O)c1ccc(CC(=O)Nc2nc3c(s2)CN(CC2CC[C@@H](C(F)(F)F)OC2)[C@H]3C(C)C)cc1. The molecular weight excluding hydrogens is 527 g/mol. The Morgan fingerprint density at radius 2 is 1.95 bits per heavy atom. The average Bonchev–Trinajstić information content (AvgIpc) is 3.35. The lowest BCUT2D eigenvalue weighted by molar-refractivity contribution is -0.236. The summed E-state index contributed by atoms with van der Waals surface area (Å²) in [5.74, 6) is 0.0440. The van der Waals surface area contributed by atoms with E-state index in [1.54, 1.807) is 19.1 Å². The smallest absolute Gasteiger partial charge is 0.368 e. The first kappa shape index (κ1) is 28.0. The molecule has 1 amide bonds. The minimum Gasteiger partial charge on any atom is -0.368 e. The molecule has 37 heavy (non-hydrogen) atoms. The van der Waals surface area contributed by atoms with Crippen LogP contribution in [-0.4, -0.2) is 55.4 Å². The van der Waals surface area contributed by atoms with Gasteiger partial charge in [0.2, 0.25) is 5.91 Å². The van der Waals surface area contributed by atoms with E-state index in [2.05, 4.69) is 24.1 Å². The van der Waals surface area contributed by atoms with Gasteiger partial charge >= 0.3 is 6.18 Å². The summed E-state index contributed by atoms with van der Waals surface area (Å²) in [5.41, 5.74) is 1.61. The van der Waals surface area contributed by atoms with Crippen LogP contribution < -0.4 is 5.32 Å². The Bertz CT molecular complexity index is 1200. The maximum Gasteiger partial charge on any atom is 0.414 e. The van der Waals surface area contributed by atoms with Gasteiger partial charge in [-0.05, 0) is 42.4 Å². The number of nitrogens with zero attached hydrogens (tertiary/aromatic N) is 2. The highest BCUT2D eigenvalue weighted by atomic mass is 32.2. The van der Waals surface area contributed by atoms with Crippen molar-refractivity contribution in [2.45, 2.75) is 69.8 Å². The molecule has 1 aromatic carbocycles. The first-order chi connectivity index (χ1) is 17.4. The van der Waals surface area contributed by atoms with Crippen LogP contribution in [-0.2, 0) is 32.3 Å². The van der Waals surface area contributed by atoms with Gasteiger partial charge in [-0.25, -0.2) is 13.4 Å². The monoisotopic (exact) mass is 559 g/mol. The third-order valence-corrected chi connectivity index (χ3v) is 9.60. The molecule has 7 nitrogen and oxygen atoms in total. The van der Waals surface area contributed by atoms with Gasteiger partial charge in [0.15, 0.2) is 21.1 Å². The fourth-order valence-electron chi connectivity index (χ4n) is 5.00. The van der Waals surface area contributed by atoms with Crippen molar-refractivity contribution in [2.24, 2.45) is 11.8 Å². The molecule has 1 unspecified atom stereocenters. The Morgan fingerprint density at radius 3 is 2.51 bits per heavy atom. The highest BCUT2D eigenvalue weighted by Gasteiger charge is 2.44. The Balaban J connectivity index is 1.35. The second kappa shape index (κ2) is 11.0. The van der Waals surface area contributed by atoms with Crippen molar-refractivity contribution in [2.75, 3.05) is 24.2 Å². The number of hydrogen-bond donors (Lipinski definition) is 1. The number of thiazole rings is 1. The molecule has 3 heterocycles. The number of nitrogens with one attached hydrogen (secondary N) is 1. The largest absolute Gasteiger partial charge is 0.414 e. The number of halogens is 3. The molecular formula is C25H32F3N3O4S2. The molecule has 1 aromatic heterocycles. The molecule has 12 heteroatoms. The molecule has 0 bridgehead atoms. The maximum atomic E-state index is 12.9. The summed E-state index contributed by atoms with van der Waals surface area (Å²) in [6.07, 6.45) is -5.43. The van der Waals surface area contributed by atoms with Gasteiger partial charge in [-0.2, -0.15) is 13.2 Å². The number of benzene rings is 1. The molecule has 4 rings (SSSR count). The van der Waals surface area contributed by atoms with Crippen molar-refractivity contribution >= 4 is 32.2 Å². The molecule has 1 N–H and O–H groups in total.